The third kappa shape index (κ3) is 3.57. The van der Waals surface area contributed by atoms with Gasteiger partial charge in [-0.25, -0.2) is 0 Å². The van der Waals surface area contributed by atoms with Gasteiger partial charge in [0.1, 0.15) is 0 Å². The molecule has 0 spiro atoms. The van der Waals surface area contributed by atoms with Crippen LogP contribution in [-0.4, -0.2) is 12.5 Å². The summed E-state index contributed by atoms with van der Waals surface area (Å²) in [5.74, 6) is 0.985. The Balaban J connectivity index is 1.97. The van der Waals surface area contributed by atoms with Crippen molar-refractivity contribution in [2.75, 3.05) is 6.54 Å². The second-order valence-electron chi connectivity index (χ2n) is 5.34. The van der Waals surface area contributed by atoms with Gasteiger partial charge in [-0.15, -0.1) is 0 Å². The maximum absolute atomic E-state index is 12.0. The van der Waals surface area contributed by atoms with Gasteiger partial charge >= 0.3 is 0 Å². The number of carbonyl (C=O) groups excluding carboxylic acids is 1. The van der Waals surface area contributed by atoms with Crippen LogP contribution in [0.3, 0.4) is 0 Å². The summed E-state index contributed by atoms with van der Waals surface area (Å²) in [5.41, 5.74) is 6.77. The van der Waals surface area contributed by atoms with Crippen LogP contribution >= 0.6 is 0 Å². The lowest BCUT2D eigenvalue weighted by Gasteiger charge is -2.19. The maximum Gasteiger partial charge on any atom is 0.220 e. The van der Waals surface area contributed by atoms with Crippen LogP contribution in [0.2, 0.25) is 0 Å². The number of nitrogens with two attached hydrogens (primary N) is 1. The fourth-order valence-electron chi connectivity index (χ4n) is 2.20. The van der Waals surface area contributed by atoms with E-state index in [9.17, 15) is 4.79 Å². The van der Waals surface area contributed by atoms with E-state index in [1.807, 2.05) is 25.1 Å². The van der Waals surface area contributed by atoms with Gasteiger partial charge in [0.2, 0.25) is 5.91 Å². The van der Waals surface area contributed by atoms with Crippen molar-refractivity contribution < 1.29 is 4.79 Å². The first-order chi connectivity index (χ1) is 8.70. The van der Waals surface area contributed by atoms with E-state index in [0.29, 0.717) is 18.9 Å². The molecule has 0 saturated heterocycles. The lowest BCUT2D eigenvalue weighted by molar-refractivity contribution is -0.122. The molecule has 3 heteroatoms. The van der Waals surface area contributed by atoms with Gasteiger partial charge in [0, 0.05) is 6.42 Å². The predicted molar refractivity (Wildman–Crippen MR) is 72.9 cm³/mol. The van der Waals surface area contributed by atoms with Crippen molar-refractivity contribution in [1.29, 1.82) is 0 Å². The summed E-state index contributed by atoms with van der Waals surface area (Å²) in [6.45, 7) is 2.57. The molecule has 3 N–H and O–H groups in total. The molecule has 0 heterocycles. The van der Waals surface area contributed by atoms with E-state index >= 15 is 0 Å². The summed E-state index contributed by atoms with van der Waals surface area (Å²) < 4.78 is 0. The SMILES string of the molecule is CC(CN)CC(=O)NC(c1ccccc1)C1CC1. The summed E-state index contributed by atoms with van der Waals surface area (Å²) in [5, 5.41) is 3.17. The van der Waals surface area contributed by atoms with Crippen LogP contribution in [0.1, 0.15) is 37.8 Å². The fourth-order valence-corrected chi connectivity index (χ4v) is 2.20. The minimum absolute atomic E-state index is 0.119. The number of nitrogens with one attached hydrogen (secondary N) is 1. The Labute approximate surface area is 109 Å². The molecule has 98 valence electrons. The van der Waals surface area contributed by atoms with Crippen molar-refractivity contribution in [1.82, 2.24) is 5.32 Å². The number of carbonyl (C=O) groups is 1. The van der Waals surface area contributed by atoms with Gasteiger partial charge in [-0.05, 0) is 36.8 Å². The van der Waals surface area contributed by atoms with Crippen LogP contribution in [0.25, 0.3) is 0 Å². The summed E-state index contributed by atoms with van der Waals surface area (Å²) in [4.78, 5) is 12.0. The second kappa shape index (κ2) is 6.01. The number of hydrogen-bond donors (Lipinski definition) is 2. The Hall–Kier alpha value is -1.35. The van der Waals surface area contributed by atoms with E-state index < -0.39 is 0 Å². The van der Waals surface area contributed by atoms with E-state index in [0.717, 1.165) is 0 Å². The molecule has 0 radical (unpaired) electrons. The molecule has 1 aromatic carbocycles. The lowest BCUT2D eigenvalue weighted by atomic mass is 10.0. The lowest BCUT2D eigenvalue weighted by Crippen LogP contribution is -2.32. The smallest absolute Gasteiger partial charge is 0.220 e. The molecule has 1 amide bonds. The van der Waals surface area contributed by atoms with E-state index in [1.54, 1.807) is 0 Å². The average Bonchev–Trinajstić information content (AvgIpc) is 3.21. The number of benzene rings is 1. The quantitative estimate of drug-likeness (QED) is 0.808. The minimum Gasteiger partial charge on any atom is -0.349 e. The van der Waals surface area contributed by atoms with Gasteiger partial charge in [0.25, 0.3) is 0 Å². The molecule has 3 nitrogen and oxygen atoms in total. The number of hydrogen-bond acceptors (Lipinski definition) is 2. The molecule has 1 saturated carbocycles. The van der Waals surface area contributed by atoms with Crippen molar-refractivity contribution in [2.24, 2.45) is 17.6 Å². The Morgan fingerprint density at radius 3 is 2.61 bits per heavy atom. The summed E-state index contributed by atoms with van der Waals surface area (Å²) in [7, 11) is 0. The highest BCUT2D eigenvalue weighted by molar-refractivity contribution is 5.76. The zero-order valence-electron chi connectivity index (χ0n) is 10.9. The topological polar surface area (TPSA) is 55.1 Å². The molecule has 2 unspecified atom stereocenters. The zero-order chi connectivity index (χ0) is 13.0. The Bertz CT molecular complexity index is 387. The molecule has 2 atom stereocenters. The molecule has 0 bridgehead atoms. The molecule has 2 rings (SSSR count). The summed E-state index contributed by atoms with van der Waals surface area (Å²) in [6, 6.07) is 10.4. The first kappa shape index (κ1) is 13.1. The average molecular weight is 246 g/mol. The number of rotatable bonds is 6. The van der Waals surface area contributed by atoms with Crippen molar-refractivity contribution >= 4 is 5.91 Å². The van der Waals surface area contributed by atoms with Crippen LogP contribution in [-0.2, 0) is 4.79 Å². The van der Waals surface area contributed by atoms with Crippen molar-refractivity contribution in [3.05, 3.63) is 35.9 Å². The first-order valence-corrected chi connectivity index (χ1v) is 6.75. The molecule has 18 heavy (non-hydrogen) atoms. The Kier molecular flexibility index (Phi) is 4.37. The first-order valence-electron chi connectivity index (χ1n) is 6.75. The van der Waals surface area contributed by atoms with Crippen molar-refractivity contribution in [2.45, 2.75) is 32.2 Å². The summed E-state index contributed by atoms with van der Waals surface area (Å²) >= 11 is 0. The van der Waals surface area contributed by atoms with Gasteiger partial charge in [0.15, 0.2) is 0 Å². The molecular formula is C15H22N2O. The molecular weight excluding hydrogens is 224 g/mol. The number of amides is 1. The van der Waals surface area contributed by atoms with Gasteiger partial charge in [-0.3, -0.25) is 4.79 Å². The normalized spacial score (nSPS) is 18.1. The van der Waals surface area contributed by atoms with Crippen LogP contribution < -0.4 is 11.1 Å². The minimum atomic E-state index is 0.119. The molecule has 1 aromatic rings. The van der Waals surface area contributed by atoms with Crippen LogP contribution in [0.5, 0.6) is 0 Å². The maximum atomic E-state index is 12.0. The third-order valence-corrected chi connectivity index (χ3v) is 3.50. The monoisotopic (exact) mass is 246 g/mol. The fraction of sp³-hybridized carbons (Fsp3) is 0.533. The molecule has 0 aromatic heterocycles. The van der Waals surface area contributed by atoms with Gasteiger partial charge in [0.05, 0.1) is 6.04 Å². The van der Waals surface area contributed by atoms with Gasteiger partial charge in [-0.1, -0.05) is 37.3 Å². The predicted octanol–water partition coefficient (Wildman–Crippen LogP) is 2.24. The molecule has 1 aliphatic rings. The van der Waals surface area contributed by atoms with E-state index in [4.69, 9.17) is 5.73 Å². The summed E-state index contributed by atoms with van der Waals surface area (Å²) in [6.07, 6.45) is 2.95. The Morgan fingerprint density at radius 2 is 2.06 bits per heavy atom. The highest BCUT2D eigenvalue weighted by Gasteiger charge is 2.33. The van der Waals surface area contributed by atoms with E-state index in [2.05, 4.69) is 17.4 Å². The largest absolute Gasteiger partial charge is 0.349 e. The van der Waals surface area contributed by atoms with Gasteiger partial charge in [-0.2, -0.15) is 0 Å². The molecule has 1 fully saturated rings. The zero-order valence-corrected chi connectivity index (χ0v) is 10.9. The second-order valence-corrected chi connectivity index (χ2v) is 5.34. The molecule has 1 aliphatic carbocycles. The van der Waals surface area contributed by atoms with Crippen LogP contribution in [0.15, 0.2) is 30.3 Å². The van der Waals surface area contributed by atoms with Crippen LogP contribution in [0.4, 0.5) is 0 Å². The van der Waals surface area contributed by atoms with E-state index in [-0.39, 0.29) is 17.9 Å². The highest BCUT2D eigenvalue weighted by atomic mass is 16.1. The molecule has 0 aliphatic heterocycles. The van der Waals surface area contributed by atoms with Gasteiger partial charge < -0.3 is 11.1 Å². The third-order valence-electron chi connectivity index (χ3n) is 3.50. The highest BCUT2D eigenvalue weighted by Crippen LogP contribution is 2.40. The van der Waals surface area contributed by atoms with E-state index in [1.165, 1.54) is 18.4 Å². The Morgan fingerprint density at radius 1 is 1.39 bits per heavy atom. The van der Waals surface area contributed by atoms with Crippen molar-refractivity contribution in [3.63, 3.8) is 0 Å². The standard InChI is InChI=1S/C15H22N2O/c1-11(10-16)9-14(18)17-15(13-7-8-13)12-5-3-2-4-6-12/h2-6,11,13,15H,7-10,16H2,1H3,(H,17,18). The van der Waals surface area contributed by atoms with Crippen molar-refractivity contribution in [3.8, 4) is 0 Å². The van der Waals surface area contributed by atoms with Crippen LogP contribution in [0, 0.1) is 11.8 Å².